The van der Waals surface area contributed by atoms with Crippen LogP contribution in [0, 0.1) is 0 Å². The van der Waals surface area contributed by atoms with Gasteiger partial charge < -0.3 is 11.1 Å². The van der Waals surface area contributed by atoms with Crippen LogP contribution in [0.25, 0.3) is 0 Å². The number of hydrogen-bond donors (Lipinski definition) is 2. The van der Waals surface area contributed by atoms with Crippen molar-refractivity contribution in [3.8, 4) is 0 Å². The number of rotatable bonds is 2. The van der Waals surface area contributed by atoms with Gasteiger partial charge in [0.2, 0.25) is 0 Å². The lowest BCUT2D eigenvalue weighted by Gasteiger charge is -2.36. The van der Waals surface area contributed by atoms with Crippen molar-refractivity contribution in [2.75, 3.05) is 13.6 Å². The van der Waals surface area contributed by atoms with Crippen molar-refractivity contribution in [3.05, 3.63) is 23.2 Å². The van der Waals surface area contributed by atoms with E-state index in [0.29, 0.717) is 12.4 Å². The molecule has 6 heteroatoms. The lowest BCUT2D eigenvalue weighted by Crippen LogP contribution is -2.53. The van der Waals surface area contributed by atoms with Gasteiger partial charge in [-0.3, -0.25) is 9.80 Å². The van der Waals surface area contributed by atoms with Crippen LogP contribution in [0.3, 0.4) is 0 Å². The fraction of sp³-hybridized carbons (Fsp3) is 0.455. The third-order valence-electron chi connectivity index (χ3n) is 2.86. The predicted molar refractivity (Wildman–Crippen MR) is 65.9 cm³/mol. The standard InChI is InChI=1S/C11H17N5O/c1-7(2)4-5-16-10-8(13-6-14-10)9(12)15(3)11(16)17/h4,6,10H,5,12H2,1-3H3,(H,13,14). The monoisotopic (exact) mass is 235 g/mol. The van der Waals surface area contributed by atoms with E-state index in [1.54, 1.807) is 18.3 Å². The third-order valence-corrected chi connectivity index (χ3v) is 2.86. The van der Waals surface area contributed by atoms with E-state index < -0.39 is 0 Å². The van der Waals surface area contributed by atoms with E-state index in [1.165, 1.54) is 10.5 Å². The first-order valence-corrected chi connectivity index (χ1v) is 5.48. The van der Waals surface area contributed by atoms with Crippen LogP contribution in [-0.2, 0) is 0 Å². The lowest BCUT2D eigenvalue weighted by atomic mass is 10.2. The van der Waals surface area contributed by atoms with E-state index in [0.717, 1.165) is 5.70 Å². The van der Waals surface area contributed by atoms with Crippen LogP contribution in [0.4, 0.5) is 4.79 Å². The SMILES string of the molecule is CC(C)=CCN1C(=O)N(C)C(N)=C2NC=NC21. The summed E-state index contributed by atoms with van der Waals surface area (Å²) >= 11 is 0. The Morgan fingerprint density at radius 2 is 2.35 bits per heavy atom. The Balaban J connectivity index is 2.30. The quantitative estimate of drug-likeness (QED) is 0.681. The molecule has 3 N–H and O–H groups in total. The summed E-state index contributed by atoms with van der Waals surface area (Å²) in [5.41, 5.74) is 7.81. The second-order valence-electron chi connectivity index (χ2n) is 4.37. The zero-order valence-corrected chi connectivity index (χ0v) is 10.3. The number of amides is 2. The first-order valence-electron chi connectivity index (χ1n) is 5.48. The van der Waals surface area contributed by atoms with Crippen molar-refractivity contribution in [1.29, 1.82) is 0 Å². The maximum atomic E-state index is 12.1. The first-order chi connectivity index (χ1) is 8.02. The topological polar surface area (TPSA) is 74.0 Å². The van der Waals surface area contributed by atoms with Gasteiger partial charge in [0.1, 0.15) is 11.5 Å². The molecule has 0 saturated carbocycles. The van der Waals surface area contributed by atoms with Gasteiger partial charge in [0.15, 0.2) is 6.17 Å². The highest BCUT2D eigenvalue weighted by molar-refractivity contribution is 5.80. The molecule has 2 amide bonds. The highest BCUT2D eigenvalue weighted by Crippen LogP contribution is 2.23. The number of carbonyl (C=O) groups is 1. The summed E-state index contributed by atoms with van der Waals surface area (Å²) in [4.78, 5) is 19.4. The fourth-order valence-corrected chi connectivity index (χ4v) is 1.81. The maximum absolute atomic E-state index is 12.1. The molecule has 0 radical (unpaired) electrons. The minimum atomic E-state index is -0.311. The number of nitrogens with two attached hydrogens (primary N) is 1. The number of allylic oxidation sites excluding steroid dienone is 1. The second kappa shape index (κ2) is 4.12. The Morgan fingerprint density at radius 3 is 3.00 bits per heavy atom. The fourth-order valence-electron chi connectivity index (χ4n) is 1.81. The van der Waals surface area contributed by atoms with Crippen molar-refractivity contribution >= 4 is 12.4 Å². The molecule has 0 aromatic heterocycles. The van der Waals surface area contributed by atoms with Crippen LogP contribution >= 0.6 is 0 Å². The van der Waals surface area contributed by atoms with Gasteiger partial charge >= 0.3 is 6.03 Å². The van der Waals surface area contributed by atoms with Gasteiger partial charge in [-0.05, 0) is 13.8 Å². The number of urea groups is 1. The van der Waals surface area contributed by atoms with Gasteiger partial charge in [0, 0.05) is 13.6 Å². The van der Waals surface area contributed by atoms with Crippen molar-refractivity contribution < 1.29 is 4.79 Å². The second-order valence-corrected chi connectivity index (χ2v) is 4.37. The average molecular weight is 235 g/mol. The molecule has 17 heavy (non-hydrogen) atoms. The molecule has 0 spiro atoms. The van der Waals surface area contributed by atoms with Crippen molar-refractivity contribution in [2.45, 2.75) is 20.0 Å². The summed E-state index contributed by atoms with van der Waals surface area (Å²) < 4.78 is 0. The van der Waals surface area contributed by atoms with Gasteiger partial charge in [0.25, 0.3) is 0 Å². The molecule has 2 rings (SSSR count). The zero-order valence-electron chi connectivity index (χ0n) is 10.3. The number of fused-ring (bicyclic) bond motifs is 1. The summed E-state index contributed by atoms with van der Waals surface area (Å²) in [5, 5.41) is 2.98. The number of aliphatic imine (C=N–C) groups is 1. The molecule has 2 heterocycles. The molecule has 2 aliphatic rings. The van der Waals surface area contributed by atoms with Gasteiger partial charge in [-0.15, -0.1) is 0 Å². The highest BCUT2D eigenvalue weighted by Gasteiger charge is 2.38. The molecule has 92 valence electrons. The van der Waals surface area contributed by atoms with E-state index in [1.807, 2.05) is 19.9 Å². The maximum Gasteiger partial charge on any atom is 0.327 e. The van der Waals surface area contributed by atoms with Gasteiger partial charge in [-0.2, -0.15) is 0 Å². The molecular weight excluding hydrogens is 218 g/mol. The Hall–Kier alpha value is -1.98. The summed E-state index contributed by atoms with van der Waals surface area (Å²) in [7, 11) is 1.66. The minimum absolute atomic E-state index is 0.130. The Kier molecular flexibility index (Phi) is 2.79. The minimum Gasteiger partial charge on any atom is -0.383 e. The highest BCUT2D eigenvalue weighted by atomic mass is 16.2. The Labute approximate surface area is 100 Å². The molecule has 0 aromatic rings. The number of nitrogens with zero attached hydrogens (tertiary/aromatic N) is 3. The van der Waals surface area contributed by atoms with E-state index in [9.17, 15) is 4.79 Å². The van der Waals surface area contributed by atoms with Gasteiger partial charge in [0.05, 0.1) is 6.34 Å². The molecule has 0 aromatic carbocycles. The average Bonchev–Trinajstić information content (AvgIpc) is 2.74. The summed E-state index contributed by atoms with van der Waals surface area (Å²) in [5.74, 6) is 0.436. The van der Waals surface area contributed by atoms with Crippen LogP contribution in [0.15, 0.2) is 28.2 Å². The van der Waals surface area contributed by atoms with E-state index >= 15 is 0 Å². The molecule has 0 bridgehead atoms. The van der Waals surface area contributed by atoms with Gasteiger partial charge in [-0.25, -0.2) is 9.79 Å². The molecule has 0 saturated heterocycles. The number of nitrogens with one attached hydrogen (secondary N) is 1. The molecule has 1 unspecified atom stereocenters. The molecule has 0 aliphatic carbocycles. The van der Waals surface area contributed by atoms with Crippen molar-refractivity contribution in [2.24, 2.45) is 10.7 Å². The third kappa shape index (κ3) is 1.86. The summed E-state index contributed by atoms with van der Waals surface area (Å²) in [6.45, 7) is 4.53. The van der Waals surface area contributed by atoms with Crippen LogP contribution < -0.4 is 11.1 Å². The van der Waals surface area contributed by atoms with Crippen LogP contribution in [-0.4, -0.2) is 41.9 Å². The van der Waals surface area contributed by atoms with Crippen molar-refractivity contribution in [3.63, 3.8) is 0 Å². The molecule has 2 aliphatic heterocycles. The molecular formula is C11H17N5O. The Morgan fingerprint density at radius 1 is 1.65 bits per heavy atom. The predicted octanol–water partition coefficient (Wildman–Crippen LogP) is 0.405. The van der Waals surface area contributed by atoms with Crippen molar-refractivity contribution in [1.82, 2.24) is 15.1 Å². The normalized spacial score (nSPS) is 22.8. The molecule has 0 fully saturated rings. The largest absolute Gasteiger partial charge is 0.383 e. The van der Waals surface area contributed by atoms with Gasteiger partial charge in [-0.1, -0.05) is 11.6 Å². The van der Waals surface area contributed by atoms with Crippen LogP contribution in [0.1, 0.15) is 13.8 Å². The van der Waals surface area contributed by atoms with E-state index in [4.69, 9.17) is 5.73 Å². The van der Waals surface area contributed by atoms with E-state index in [2.05, 4.69) is 10.3 Å². The number of hydrogen-bond acceptors (Lipinski definition) is 4. The van der Waals surface area contributed by atoms with Crippen LogP contribution in [0.2, 0.25) is 0 Å². The summed E-state index contributed by atoms with van der Waals surface area (Å²) in [6.07, 6.45) is 3.27. The molecule has 6 nitrogen and oxygen atoms in total. The number of carbonyl (C=O) groups excluding carboxylic acids is 1. The summed E-state index contributed by atoms with van der Waals surface area (Å²) in [6, 6.07) is -0.130. The first kappa shape index (κ1) is 11.5. The van der Waals surface area contributed by atoms with E-state index in [-0.39, 0.29) is 12.2 Å². The molecule has 1 atom stereocenters. The van der Waals surface area contributed by atoms with Crippen LogP contribution in [0.5, 0.6) is 0 Å². The smallest absolute Gasteiger partial charge is 0.327 e. The Bertz CT molecular complexity index is 433. The zero-order chi connectivity index (χ0) is 12.6. The lowest BCUT2D eigenvalue weighted by molar-refractivity contribution is 0.155.